The molecule has 3 atom stereocenters. The first kappa shape index (κ1) is 29.7. The van der Waals surface area contributed by atoms with Crippen LogP contribution in [0.2, 0.25) is 0 Å². The van der Waals surface area contributed by atoms with Crippen LogP contribution < -0.4 is 10.1 Å². The average molecular weight is 623 g/mol. The first-order valence-electron chi connectivity index (χ1n) is 15.3. The Morgan fingerprint density at radius 2 is 1.80 bits per heavy atom. The van der Waals surface area contributed by atoms with Crippen molar-refractivity contribution in [3.05, 3.63) is 70.9 Å². The molecular weight excluding hydrogens is 589 g/mol. The molecule has 3 fully saturated rings. The lowest BCUT2D eigenvalue weighted by atomic mass is 9.95. The minimum absolute atomic E-state index is 0.0849. The number of benzene rings is 2. The molecule has 0 spiro atoms. The number of hydrogen-bond acceptors (Lipinski definition) is 7. The maximum absolute atomic E-state index is 14.2. The van der Waals surface area contributed by atoms with E-state index in [0.29, 0.717) is 23.6 Å². The van der Waals surface area contributed by atoms with Crippen LogP contribution in [0.3, 0.4) is 0 Å². The summed E-state index contributed by atoms with van der Waals surface area (Å²) >= 11 is 0. The van der Waals surface area contributed by atoms with E-state index in [2.05, 4.69) is 5.32 Å². The number of fused-ring (bicyclic) bond motifs is 2. The summed E-state index contributed by atoms with van der Waals surface area (Å²) < 4.78 is 54.0. The molecule has 236 valence electrons. The maximum atomic E-state index is 14.2. The number of imide groups is 1. The Morgan fingerprint density at radius 1 is 0.978 bits per heavy atom. The quantitative estimate of drug-likeness (QED) is 0.409. The van der Waals surface area contributed by atoms with Crippen molar-refractivity contribution in [3.63, 3.8) is 0 Å². The minimum Gasteiger partial charge on any atom is -0.488 e. The summed E-state index contributed by atoms with van der Waals surface area (Å²) in [6, 6.07) is 13.8. The van der Waals surface area contributed by atoms with Gasteiger partial charge >= 0.3 is 6.18 Å². The summed E-state index contributed by atoms with van der Waals surface area (Å²) in [5, 5.41) is 3.21. The molecule has 4 aliphatic rings. The Labute approximate surface area is 257 Å². The number of carbonyl (C=O) groups excluding carboxylic acids is 3. The van der Waals surface area contributed by atoms with Gasteiger partial charge in [0.25, 0.3) is 5.91 Å². The third kappa shape index (κ3) is 6.00. The molecule has 0 aliphatic carbocycles. The van der Waals surface area contributed by atoms with Crippen molar-refractivity contribution in [2.24, 2.45) is 5.92 Å². The predicted molar refractivity (Wildman–Crippen MR) is 156 cm³/mol. The molecule has 0 saturated carbocycles. The van der Waals surface area contributed by atoms with E-state index in [1.807, 2.05) is 30.3 Å². The number of nitrogens with one attached hydrogen (secondary N) is 1. The number of carbonyl (C=O) groups is 3. The number of piperidine rings is 1. The van der Waals surface area contributed by atoms with Crippen molar-refractivity contribution in [1.29, 1.82) is 0 Å². The summed E-state index contributed by atoms with van der Waals surface area (Å²) in [6.45, 7) is 1.81. The highest BCUT2D eigenvalue weighted by atomic mass is 19.4. The van der Waals surface area contributed by atoms with Gasteiger partial charge in [-0.1, -0.05) is 12.1 Å². The van der Waals surface area contributed by atoms with Crippen molar-refractivity contribution in [2.45, 2.75) is 63.0 Å². The molecule has 1 aromatic heterocycles. The lowest BCUT2D eigenvalue weighted by Crippen LogP contribution is -2.52. The van der Waals surface area contributed by atoms with Crippen LogP contribution >= 0.6 is 0 Å². The molecule has 12 heteroatoms. The van der Waals surface area contributed by atoms with Gasteiger partial charge in [-0.2, -0.15) is 13.2 Å². The second kappa shape index (κ2) is 11.7. The third-order valence-corrected chi connectivity index (χ3v) is 9.37. The van der Waals surface area contributed by atoms with E-state index in [4.69, 9.17) is 14.5 Å². The molecule has 4 aliphatic heterocycles. The molecule has 7 rings (SSSR count). The van der Waals surface area contributed by atoms with Gasteiger partial charge in [-0.05, 0) is 66.8 Å². The normalized spacial score (nSPS) is 24.7. The van der Waals surface area contributed by atoms with Crippen LogP contribution in [0.15, 0.2) is 48.5 Å². The van der Waals surface area contributed by atoms with Gasteiger partial charge in [0.05, 0.1) is 5.52 Å². The highest BCUT2D eigenvalue weighted by molar-refractivity contribution is 6.05. The minimum atomic E-state index is -4.46. The van der Waals surface area contributed by atoms with E-state index in [1.165, 1.54) is 17.0 Å². The topological polar surface area (TPSA) is 101 Å². The molecule has 2 aromatic carbocycles. The Morgan fingerprint density at radius 3 is 2.58 bits per heavy atom. The maximum Gasteiger partial charge on any atom is 0.396 e. The number of pyridine rings is 1. The number of rotatable bonds is 6. The molecular formula is C33H33F3N4O5. The van der Waals surface area contributed by atoms with Gasteiger partial charge < -0.3 is 14.4 Å². The second-order valence-electron chi connectivity index (χ2n) is 12.4. The average Bonchev–Trinajstić information content (AvgIpc) is 3.57. The first-order valence-corrected chi connectivity index (χ1v) is 15.3. The van der Waals surface area contributed by atoms with Crippen molar-refractivity contribution in [1.82, 2.24) is 20.1 Å². The van der Waals surface area contributed by atoms with Crippen LogP contribution in [-0.4, -0.2) is 77.1 Å². The Bertz CT molecular complexity index is 1660. The predicted octanol–water partition coefficient (Wildman–Crippen LogP) is 4.33. The van der Waals surface area contributed by atoms with E-state index in [9.17, 15) is 27.6 Å². The Hall–Kier alpha value is -4.03. The molecule has 3 unspecified atom stereocenters. The first-order chi connectivity index (χ1) is 21.6. The highest BCUT2D eigenvalue weighted by Crippen LogP contribution is 2.38. The zero-order valence-electron chi connectivity index (χ0n) is 24.5. The fraction of sp³-hybridized carbons (Fsp3) is 0.455. The molecule has 5 heterocycles. The van der Waals surface area contributed by atoms with E-state index in [-0.39, 0.29) is 50.0 Å². The lowest BCUT2D eigenvalue weighted by Gasteiger charge is -2.29. The number of ether oxygens (including phenoxy) is 2. The van der Waals surface area contributed by atoms with Crippen molar-refractivity contribution < 1.29 is 37.0 Å². The van der Waals surface area contributed by atoms with Crippen molar-refractivity contribution in [2.75, 3.05) is 26.3 Å². The van der Waals surface area contributed by atoms with E-state index >= 15 is 0 Å². The summed E-state index contributed by atoms with van der Waals surface area (Å²) in [7, 11) is 0. The van der Waals surface area contributed by atoms with E-state index in [1.54, 1.807) is 11.0 Å². The molecule has 3 aromatic rings. The Balaban J connectivity index is 1.04. The molecule has 0 radical (unpaired) electrons. The van der Waals surface area contributed by atoms with Gasteiger partial charge in [0, 0.05) is 68.4 Å². The summed E-state index contributed by atoms with van der Waals surface area (Å²) in [6.07, 6.45) is -3.34. The number of hydrogen-bond donors (Lipinski definition) is 1. The third-order valence-electron chi connectivity index (χ3n) is 9.37. The monoisotopic (exact) mass is 622 g/mol. The van der Waals surface area contributed by atoms with Crippen LogP contribution in [0.25, 0.3) is 10.9 Å². The van der Waals surface area contributed by atoms with Gasteiger partial charge in [-0.25, -0.2) is 0 Å². The fourth-order valence-corrected chi connectivity index (χ4v) is 6.98. The Kier molecular flexibility index (Phi) is 7.73. The van der Waals surface area contributed by atoms with Gasteiger partial charge in [0.2, 0.25) is 11.8 Å². The number of nitrogens with zero attached hydrogens (tertiary/aromatic N) is 3. The molecule has 1 N–H and O–H groups in total. The van der Waals surface area contributed by atoms with Crippen LogP contribution in [0.1, 0.15) is 58.8 Å². The van der Waals surface area contributed by atoms with Gasteiger partial charge in [-0.3, -0.25) is 29.6 Å². The van der Waals surface area contributed by atoms with Crippen LogP contribution in [-0.2, 0) is 27.4 Å². The highest BCUT2D eigenvalue weighted by Gasteiger charge is 2.51. The molecule has 45 heavy (non-hydrogen) atoms. The van der Waals surface area contributed by atoms with Gasteiger partial charge in [0.1, 0.15) is 23.8 Å². The van der Waals surface area contributed by atoms with Crippen LogP contribution in [0.4, 0.5) is 13.2 Å². The number of aromatic nitrogens is 1. The molecule has 0 bridgehead atoms. The summed E-state index contributed by atoms with van der Waals surface area (Å²) in [4.78, 5) is 44.9. The summed E-state index contributed by atoms with van der Waals surface area (Å²) in [5.74, 6) is -2.32. The number of amides is 3. The van der Waals surface area contributed by atoms with Crippen molar-refractivity contribution >= 4 is 28.6 Å². The number of halogens is 3. The standard InChI is InChI=1S/C33H33F3N4O5/c34-33(35,36)25-17-39(15-19-1-5-27-21(13-19)2-6-26(37-27)20-9-11-44-12-10-20)18-29(25)45-23-3-4-24-22(14-23)16-40(32(24)43)28-7-8-30(41)38-31(28)42/h1-6,13-14,20,25,28-29H,7-12,15-18H2,(H,38,41,42). The van der Waals surface area contributed by atoms with Gasteiger partial charge in [0.15, 0.2) is 0 Å². The zero-order valence-corrected chi connectivity index (χ0v) is 24.5. The summed E-state index contributed by atoms with van der Waals surface area (Å²) in [5.41, 5.74) is 3.76. The number of alkyl halides is 3. The van der Waals surface area contributed by atoms with E-state index in [0.717, 1.165) is 48.2 Å². The van der Waals surface area contributed by atoms with Gasteiger partial charge in [-0.15, -0.1) is 0 Å². The second-order valence-corrected chi connectivity index (χ2v) is 12.4. The molecule has 3 saturated heterocycles. The number of likely N-dealkylation sites (tertiary alicyclic amines) is 1. The molecule has 3 amide bonds. The van der Waals surface area contributed by atoms with Crippen LogP contribution in [0, 0.1) is 5.92 Å². The lowest BCUT2D eigenvalue weighted by molar-refractivity contribution is -0.186. The van der Waals surface area contributed by atoms with Crippen molar-refractivity contribution in [3.8, 4) is 5.75 Å². The SMILES string of the molecule is O=C1CCC(N2Cc3cc(OC4CN(Cc5ccc6nc(C7CCOCC7)ccc6c5)CC4C(F)(F)F)ccc3C2=O)C(=O)N1. The smallest absolute Gasteiger partial charge is 0.396 e. The van der Waals surface area contributed by atoms with E-state index < -0.39 is 30.1 Å². The largest absolute Gasteiger partial charge is 0.488 e. The zero-order chi connectivity index (χ0) is 31.3. The molecule has 9 nitrogen and oxygen atoms in total. The fourth-order valence-electron chi connectivity index (χ4n) is 6.98. The van der Waals surface area contributed by atoms with Crippen LogP contribution in [0.5, 0.6) is 5.75 Å².